The number of piperidine rings is 1. The van der Waals surface area contributed by atoms with Gasteiger partial charge in [0.1, 0.15) is 5.78 Å². The fourth-order valence-electron chi connectivity index (χ4n) is 3.06. The molecule has 1 heterocycles. The summed E-state index contributed by atoms with van der Waals surface area (Å²) in [5, 5.41) is 0. The minimum atomic E-state index is 0.328. The zero-order valence-corrected chi connectivity index (χ0v) is 12.2. The molecule has 0 bridgehead atoms. The number of nitrogens with zero attached hydrogens (tertiary/aromatic N) is 1. The molecule has 0 amide bonds. The number of benzene rings is 2. The van der Waals surface area contributed by atoms with Crippen molar-refractivity contribution < 1.29 is 4.79 Å². The summed E-state index contributed by atoms with van der Waals surface area (Å²) in [6.07, 6.45) is 2.33. The van der Waals surface area contributed by atoms with Gasteiger partial charge in [-0.05, 0) is 17.5 Å². The fraction of sp³-hybridized carbons (Fsp3) is 0.316. The van der Waals surface area contributed by atoms with Gasteiger partial charge < -0.3 is 0 Å². The van der Waals surface area contributed by atoms with Gasteiger partial charge in [0.2, 0.25) is 0 Å². The second-order valence-electron chi connectivity index (χ2n) is 5.79. The van der Waals surface area contributed by atoms with Gasteiger partial charge in [-0.15, -0.1) is 0 Å². The number of Topliss-reactive ketones (excluding diaryl/α,β-unsaturated/α-hetero) is 1. The van der Waals surface area contributed by atoms with Crippen LogP contribution in [0.15, 0.2) is 60.7 Å². The van der Waals surface area contributed by atoms with E-state index in [-0.39, 0.29) is 0 Å². The molecular weight excluding hydrogens is 258 g/mol. The molecule has 0 aromatic heterocycles. The topological polar surface area (TPSA) is 20.3 Å². The molecule has 0 spiro atoms. The van der Waals surface area contributed by atoms with Crippen LogP contribution in [0.2, 0.25) is 0 Å². The summed E-state index contributed by atoms with van der Waals surface area (Å²) in [6.45, 7) is 1.82. The van der Waals surface area contributed by atoms with Crippen molar-refractivity contribution in [2.45, 2.75) is 31.8 Å². The van der Waals surface area contributed by atoms with Crippen molar-refractivity contribution in [1.29, 1.82) is 0 Å². The van der Waals surface area contributed by atoms with Crippen LogP contribution in [0, 0.1) is 0 Å². The van der Waals surface area contributed by atoms with Crippen LogP contribution in [0.25, 0.3) is 0 Å². The quantitative estimate of drug-likeness (QED) is 0.854. The van der Waals surface area contributed by atoms with Gasteiger partial charge in [0.05, 0.1) is 0 Å². The van der Waals surface area contributed by atoms with Gasteiger partial charge in [-0.1, -0.05) is 60.7 Å². The monoisotopic (exact) mass is 279 g/mol. The van der Waals surface area contributed by atoms with E-state index in [2.05, 4.69) is 53.4 Å². The third-order valence-electron chi connectivity index (χ3n) is 4.20. The third kappa shape index (κ3) is 3.79. The molecule has 2 aromatic rings. The first-order chi connectivity index (χ1) is 10.3. The molecule has 0 N–H and O–H groups in total. The summed E-state index contributed by atoms with van der Waals surface area (Å²) in [7, 11) is 0. The van der Waals surface area contributed by atoms with Crippen LogP contribution < -0.4 is 0 Å². The highest BCUT2D eigenvalue weighted by Gasteiger charge is 2.26. The van der Waals surface area contributed by atoms with Crippen LogP contribution >= 0.6 is 0 Å². The molecule has 1 saturated heterocycles. The van der Waals surface area contributed by atoms with Crippen LogP contribution in [0.4, 0.5) is 0 Å². The Morgan fingerprint density at radius 3 is 2.19 bits per heavy atom. The number of ketones is 1. The number of carbonyl (C=O) groups excluding carboxylic acids is 1. The van der Waals surface area contributed by atoms with E-state index < -0.39 is 0 Å². The van der Waals surface area contributed by atoms with Crippen LogP contribution in [-0.2, 0) is 17.8 Å². The van der Waals surface area contributed by atoms with Crippen molar-refractivity contribution in [3.8, 4) is 0 Å². The Labute approximate surface area is 126 Å². The molecule has 1 aliphatic heterocycles. The average molecular weight is 279 g/mol. The number of likely N-dealkylation sites (tertiary alicyclic amines) is 1. The molecule has 1 aliphatic rings. The van der Waals surface area contributed by atoms with Gasteiger partial charge in [0.15, 0.2) is 0 Å². The van der Waals surface area contributed by atoms with Gasteiger partial charge in [0.25, 0.3) is 0 Å². The zero-order valence-electron chi connectivity index (χ0n) is 12.2. The summed E-state index contributed by atoms with van der Waals surface area (Å²) in [5.41, 5.74) is 2.64. The average Bonchev–Trinajstić information content (AvgIpc) is 2.52. The molecule has 2 heteroatoms. The first kappa shape index (κ1) is 14.0. The van der Waals surface area contributed by atoms with Crippen LogP contribution in [0.5, 0.6) is 0 Å². The van der Waals surface area contributed by atoms with E-state index in [4.69, 9.17) is 0 Å². The molecule has 1 fully saturated rings. The smallest absolute Gasteiger partial charge is 0.135 e. The van der Waals surface area contributed by atoms with Crippen molar-refractivity contribution in [3.63, 3.8) is 0 Å². The first-order valence-electron chi connectivity index (χ1n) is 7.65. The maximum atomic E-state index is 11.8. The maximum Gasteiger partial charge on any atom is 0.135 e. The van der Waals surface area contributed by atoms with E-state index >= 15 is 0 Å². The van der Waals surface area contributed by atoms with Gasteiger partial charge >= 0.3 is 0 Å². The predicted octanol–water partition coefficient (Wildman–Crippen LogP) is 3.46. The van der Waals surface area contributed by atoms with Crippen molar-refractivity contribution in [1.82, 2.24) is 4.90 Å². The molecule has 0 unspecified atom stereocenters. The largest absolute Gasteiger partial charge is 0.300 e. The lowest BCUT2D eigenvalue weighted by Gasteiger charge is -2.35. The van der Waals surface area contributed by atoms with E-state index in [0.717, 1.165) is 19.5 Å². The van der Waals surface area contributed by atoms with Crippen LogP contribution in [-0.4, -0.2) is 23.3 Å². The summed E-state index contributed by atoms with van der Waals surface area (Å²) in [4.78, 5) is 14.3. The third-order valence-corrected chi connectivity index (χ3v) is 4.20. The highest BCUT2D eigenvalue weighted by Crippen LogP contribution is 2.21. The first-order valence-corrected chi connectivity index (χ1v) is 7.65. The number of rotatable bonds is 4. The standard InChI is InChI=1S/C19H21NO/c21-19-11-12-20(15-17-9-5-2-6-10-17)18(14-19)13-16-7-3-1-4-8-16/h1-10,18H,11-15H2/t18-/m1/s1. The van der Waals surface area contributed by atoms with Gasteiger partial charge in [-0.3, -0.25) is 9.69 Å². The minimum Gasteiger partial charge on any atom is -0.300 e. The van der Waals surface area contributed by atoms with Crippen molar-refractivity contribution in [2.24, 2.45) is 0 Å². The Morgan fingerprint density at radius 1 is 0.905 bits per heavy atom. The lowest BCUT2D eigenvalue weighted by atomic mass is 9.94. The molecule has 0 radical (unpaired) electrons. The van der Waals surface area contributed by atoms with Crippen molar-refractivity contribution in [3.05, 3.63) is 71.8 Å². The SMILES string of the molecule is O=C1CCN(Cc2ccccc2)[C@H](Cc2ccccc2)C1. The number of carbonyl (C=O) groups is 1. The van der Waals surface area contributed by atoms with E-state index in [1.165, 1.54) is 11.1 Å². The molecule has 0 aliphatic carbocycles. The lowest BCUT2D eigenvalue weighted by molar-refractivity contribution is -0.123. The molecule has 108 valence electrons. The highest BCUT2D eigenvalue weighted by atomic mass is 16.1. The molecule has 2 nitrogen and oxygen atoms in total. The molecule has 1 atom stereocenters. The van der Waals surface area contributed by atoms with E-state index in [1.807, 2.05) is 12.1 Å². The Kier molecular flexibility index (Phi) is 4.46. The van der Waals surface area contributed by atoms with E-state index in [9.17, 15) is 4.79 Å². The van der Waals surface area contributed by atoms with Crippen molar-refractivity contribution >= 4 is 5.78 Å². The molecule has 3 rings (SSSR count). The number of hydrogen-bond donors (Lipinski definition) is 0. The molecule has 2 aromatic carbocycles. The number of hydrogen-bond acceptors (Lipinski definition) is 2. The molecular formula is C19H21NO. The van der Waals surface area contributed by atoms with Crippen molar-refractivity contribution in [2.75, 3.05) is 6.54 Å². The minimum absolute atomic E-state index is 0.328. The van der Waals surface area contributed by atoms with Gasteiger partial charge in [-0.25, -0.2) is 0 Å². The second kappa shape index (κ2) is 6.68. The van der Waals surface area contributed by atoms with Crippen LogP contribution in [0.3, 0.4) is 0 Å². The molecule has 0 saturated carbocycles. The fourth-order valence-corrected chi connectivity index (χ4v) is 3.06. The maximum absolute atomic E-state index is 11.8. The molecule has 21 heavy (non-hydrogen) atoms. The Bertz CT molecular complexity index is 579. The van der Waals surface area contributed by atoms with E-state index in [0.29, 0.717) is 24.7 Å². The second-order valence-corrected chi connectivity index (χ2v) is 5.79. The summed E-state index contributed by atoms with van der Waals surface area (Å²) < 4.78 is 0. The summed E-state index contributed by atoms with van der Waals surface area (Å²) in [5.74, 6) is 0.403. The highest BCUT2D eigenvalue weighted by molar-refractivity contribution is 5.80. The van der Waals surface area contributed by atoms with E-state index in [1.54, 1.807) is 0 Å². The Balaban J connectivity index is 1.72. The predicted molar refractivity (Wildman–Crippen MR) is 85.0 cm³/mol. The lowest BCUT2D eigenvalue weighted by Crippen LogP contribution is -2.43. The Hall–Kier alpha value is -1.93. The summed E-state index contributed by atoms with van der Waals surface area (Å²) >= 11 is 0. The zero-order chi connectivity index (χ0) is 14.5. The van der Waals surface area contributed by atoms with Gasteiger partial charge in [0, 0.05) is 32.0 Å². The van der Waals surface area contributed by atoms with Crippen LogP contribution in [0.1, 0.15) is 24.0 Å². The Morgan fingerprint density at radius 2 is 1.52 bits per heavy atom. The normalized spacial score (nSPS) is 19.6. The van der Waals surface area contributed by atoms with Gasteiger partial charge in [-0.2, -0.15) is 0 Å². The summed E-state index contributed by atoms with van der Waals surface area (Å²) in [6, 6.07) is 21.3.